The predicted octanol–water partition coefficient (Wildman–Crippen LogP) is 8.45. The number of hydrogen-bond acceptors (Lipinski definition) is 5. The first-order chi connectivity index (χ1) is 18.8. The van der Waals surface area contributed by atoms with E-state index in [0.717, 1.165) is 12.8 Å². The smallest absolute Gasteiger partial charge is 0.320 e. The van der Waals surface area contributed by atoms with Crippen LogP contribution in [0.25, 0.3) is 0 Å². The molecule has 7 nitrogen and oxygen atoms in total. The molecule has 0 aliphatic rings. The minimum Gasteiger partial charge on any atom is -0.480 e. The van der Waals surface area contributed by atoms with E-state index in [1.807, 2.05) is 0 Å². The summed E-state index contributed by atoms with van der Waals surface area (Å²) in [5.74, 6) is -1.67. The number of carbonyl (C=O) groups excluding carboxylic acids is 2. The molecule has 0 heterocycles. The number of nitrogens with two attached hydrogens (primary N) is 2. The molecule has 0 bridgehead atoms. The highest BCUT2D eigenvalue weighted by atomic mass is 16.5. The third-order valence-electron chi connectivity index (χ3n) is 6.52. The standard InChI is InChI=1S/C13H28.C12H25NO.C7H13NO4/c1-3-5-7-9-11-13-12-10-8-6-4-2;1-2-3-4-5-6-7-8-9-10-11-12(13)14;1-2-12-6(9)4-3-5(8)7(10)11/h3-13H2,1-2H3;2-11H2,1H3,(H2,13,14);5H,2-4,8H2,1H3,(H,10,11)/t;;5-/m..0/s1. The van der Waals surface area contributed by atoms with Gasteiger partial charge >= 0.3 is 11.9 Å². The second-order valence-electron chi connectivity index (χ2n) is 10.5. The molecule has 5 N–H and O–H groups in total. The van der Waals surface area contributed by atoms with Crippen LogP contribution in [0.2, 0.25) is 0 Å². The Bertz CT molecular complexity index is 519. The fraction of sp³-hybridized carbons (Fsp3) is 0.906. The SMILES string of the molecule is CCCCCCCCCCCC(N)=O.CCCCCCCCCCCCC.CCOC(=O)CC[C@H](N)C(=O)O. The second kappa shape index (κ2) is 36.4. The van der Waals surface area contributed by atoms with Crippen molar-refractivity contribution in [1.82, 2.24) is 0 Å². The number of rotatable bonds is 25. The van der Waals surface area contributed by atoms with Crippen LogP contribution in [0.15, 0.2) is 0 Å². The Hall–Kier alpha value is -1.63. The second-order valence-corrected chi connectivity index (χ2v) is 10.5. The van der Waals surface area contributed by atoms with Crippen LogP contribution in [0.4, 0.5) is 0 Å². The van der Waals surface area contributed by atoms with Crippen LogP contribution in [0, 0.1) is 0 Å². The van der Waals surface area contributed by atoms with E-state index in [4.69, 9.17) is 16.6 Å². The zero-order chi connectivity index (χ0) is 30.0. The Kier molecular flexibility index (Phi) is 39.0. The molecule has 0 saturated carbocycles. The summed E-state index contributed by atoms with van der Waals surface area (Å²) in [6.07, 6.45) is 28.2. The molecule has 0 aromatic rings. The average molecular weight is 559 g/mol. The summed E-state index contributed by atoms with van der Waals surface area (Å²) in [6.45, 7) is 8.80. The van der Waals surface area contributed by atoms with Gasteiger partial charge in [0.2, 0.25) is 5.91 Å². The molecule has 0 saturated heterocycles. The quantitative estimate of drug-likeness (QED) is 0.0760. The summed E-state index contributed by atoms with van der Waals surface area (Å²) in [7, 11) is 0. The maximum Gasteiger partial charge on any atom is 0.320 e. The lowest BCUT2D eigenvalue weighted by molar-refractivity contribution is -0.144. The topological polar surface area (TPSA) is 133 Å². The Balaban J connectivity index is -0.000000500. The average Bonchev–Trinajstić information content (AvgIpc) is 2.90. The molecule has 0 fully saturated rings. The normalized spacial score (nSPS) is 11.0. The van der Waals surface area contributed by atoms with Gasteiger partial charge in [0.25, 0.3) is 0 Å². The number of amides is 1. The number of hydrogen-bond donors (Lipinski definition) is 3. The lowest BCUT2D eigenvalue weighted by Gasteiger charge is -2.04. The van der Waals surface area contributed by atoms with E-state index in [1.165, 1.54) is 116 Å². The van der Waals surface area contributed by atoms with Crippen molar-refractivity contribution in [2.45, 2.75) is 181 Å². The molecule has 0 aromatic heterocycles. The Morgan fingerprint density at radius 2 is 0.923 bits per heavy atom. The molecular formula is C32H66N2O5. The van der Waals surface area contributed by atoms with Crippen LogP contribution < -0.4 is 11.5 Å². The third kappa shape index (κ3) is 43.7. The van der Waals surface area contributed by atoms with Crippen molar-refractivity contribution in [2.24, 2.45) is 11.5 Å². The summed E-state index contributed by atoms with van der Waals surface area (Å²) >= 11 is 0. The molecule has 0 radical (unpaired) electrons. The molecule has 0 aliphatic heterocycles. The molecular weight excluding hydrogens is 492 g/mol. The molecule has 1 atom stereocenters. The molecule has 0 aromatic carbocycles. The molecule has 0 aliphatic carbocycles. The largest absolute Gasteiger partial charge is 0.480 e. The number of unbranched alkanes of at least 4 members (excludes halogenated alkanes) is 18. The van der Waals surface area contributed by atoms with Gasteiger partial charge in [0.05, 0.1) is 6.61 Å². The maximum absolute atomic E-state index is 10.7. The number of primary amides is 1. The van der Waals surface area contributed by atoms with Crippen molar-refractivity contribution in [2.75, 3.05) is 6.61 Å². The van der Waals surface area contributed by atoms with Crippen LogP contribution >= 0.6 is 0 Å². The van der Waals surface area contributed by atoms with Gasteiger partial charge in [-0.05, 0) is 19.8 Å². The molecule has 234 valence electrons. The fourth-order valence-corrected chi connectivity index (χ4v) is 3.98. The van der Waals surface area contributed by atoms with E-state index in [9.17, 15) is 14.4 Å². The van der Waals surface area contributed by atoms with E-state index in [-0.39, 0.29) is 18.7 Å². The molecule has 39 heavy (non-hydrogen) atoms. The highest BCUT2D eigenvalue weighted by molar-refractivity contribution is 5.75. The first-order valence-corrected chi connectivity index (χ1v) is 16.2. The van der Waals surface area contributed by atoms with Gasteiger partial charge in [-0.2, -0.15) is 0 Å². The number of carbonyl (C=O) groups is 3. The van der Waals surface area contributed by atoms with E-state index >= 15 is 0 Å². The fourth-order valence-electron chi connectivity index (χ4n) is 3.98. The summed E-state index contributed by atoms with van der Waals surface area (Å²) in [6, 6.07) is -0.977. The van der Waals surface area contributed by atoms with Crippen LogP contribution in [-0.4, -0.2) is 35.6 Å². The van der Waals surface area contributed by atoms with E-state index in [1.54, 1.807) is 6.92 Å². The summed E-state index contributed by atoms with van der Waals surface area (Å²) in [5, 5.41) is 8.35. The lowest BCUT2D eigenvalue weighted by Crippen LogP contribution is -2.30. The molecule has 1 amide bonds. The van der Waals surface area contributed by atoms with Crippen LogP contribution in [0.1, 0.15) is 175 Å². The Labute approximate surface area is 241 Å². The zero-order valence-electron chi connectivity index (χ0n) is 26.3. The predicted molar refractivity (Wildman–Crippen MR) is 165 cm³/mol. The van der Waals surface area contributed by atoms with Gasteiger partial charge in [0, 0.05) is 12.8 Å². The highest BCUT2D eigenvalue weighted by Gasteiger charge is 2.13. The number of aliphatic carboxylic acids is 1. The third-order valence-corrected chi connectivity index (χ3v) is 6.52. The Morgan fingerprint density at radius 1 is 0.590 bits per heavy atom. The molecule has 0 spiro atoms. The van der Waals surface area contributed by atoms with Crippen molar-refractivity contribution in [1.29, 1.82) is 0 Å². The minimum absolute atomic E-state index is 0.0569. The summed E-state index contributed by atoms with van der Waals surface area (Å²) in [5.41, 5.74) is 10.2. The molecule has 0 rings (SSSR count). The van der Waals surface area contributed by atoms with Gasteiger partial charge in [-0.3, -0.25) is 14.4 Å². The van der Waals surface area contributed by atoms with Gasteiger partial charge in [-0.15, -0.1) is 0 Å². The number of carboxylic acid groups (broad SMARTS) is 1. The van der Waals surface area contributed by atoms with Crippen LogP contribution in [0.5, 0.6) is 0 Å². The van der Waals surface area contributed by atoms with Crippen molar-refractivity contribution in [3.63, 3.8) is 0 Å². The number of carboxylic acids is 1. The van der Waals surface area contributed by atoms with Crippen LogP contribution in [0.3, 0.4) is 0 Å². The number of esters is 1. The highest BCUT2D eigenvalue weighted by Crippen LogP contribution is 2.11. The monoisotopic (exact) mass is 558 g/mol. The van der Waals surface area contributed by atoms with E-state index in [0.29, 0.717) is 13.0 Å². The van der Waals surface area contributed by atoms with Gasteiger partial charge < -0.3 is 21.3 Å². The van der Waals surface area contributed by atoms with Gasteiger partial charge in [0.15, 0.2) is 0 Å². The van der Waals surface area contributed by atoms with Crippen molar-refractivity contribution in [3.8, 4) is 0 Å². The summed E-state index contributed by atoms with van der Waals surface area (Å²) in [4.78, 5) is 31.3. The van der Waals surface area contributed by atoms with Crippen molar-refractivity contribution in [3.05, 3.63) is 0 Å². The zero-order valence-corrected chi connectivity index (χ0v) is 26.3. The van der Waals surface area contributed by atoms with Gasteiger partial charge in [0.1, 0.15) is 6.04 Å². The first-order valence-electron chi connectivity index (χ1n) is 16.2. The first kappa shape index (κ1) is 41.8. The Morgan fingerprint density at radius 3 is 1.21 bits per heavy atom. The van der Waals surface area contributed by atoms with Crippen LogP contribution in [-0.2, 0) is 19.1 Å². The maximum atomic E-state index is 10.7. The lowest BCUT2D eigenvalue weighted by atomic mass is 10.1. The minimum atomic E-state index is -1.10. The number of ether oxygens (including phenoxy) is 1. The van der Waals surface area contributed by atoms with E-state index in [2.05, 4.69) is 25.5 Å². The molecule has 7 heteroatoms. The van der Waals surface area contributed by atoms with Gasteiger partial charge in [-0.1, -0.05) is 143 Å². The molecule has 0 unspecified atom stereocenters. The van der Waals surface area contributed by atoms with E-state index < -0.39 is 18.0 Å². The van der Waals surface area contributed by atoms with Crippen molar-refractivity contribution >= 4 is 17.8 Å². The van der Waals surface area contributed by atoms with Gasteiger partial charge in [-0.25, -0.2) is 0 Å². The van der Waals surface area contributed by atoms with Crippen molar-refractivity contribution < 1.29 is 24.2 Å². The summed E-state index contributed by atoms with van der Waals surface area (Å²) < 4.78 is 4.58.